The predicted molar refractivity (Wildman–Crippen MR) is 89.3 cm³/mol. The highest BCUT2D eigenvalue weighted by Gasteiger charge is 2.58. The summed E-state index contributed by atoms with van der Waals surface area (Å²) in [4.78, 5) is 0. The predicted octanol–water partition coefficient (Wildman–Crippen LogP) is 3.82. The van der Waals surface area contributed by atoms with Gasteiger partial charge in [-0.25, -0.2) is 0 Å². The van der Waals surface area contributed by atoms with Gasteiger partial charge in [0.15, 0.2) is 8.32 Å². The van der Waals surface area contributed by atoms with Crippen LogP contribution in [0.4, 0.5) is 0 Å². The third-order valence-electron chi connectivity index (χ3n) is 4.87. The molecule has 1 heterocycles. The number of terminal acetylenes is 1. The maximum absolute atomic E-state index is 9.78. The SMILES string of the molecule is C#C[C@@H](O)C1(C)O[C@H]1CO[Si](C(C)C)(C(C)C)C(C)C.[2HH].[HH]. The summed E-state index contributed by atoms with van der Waals surface area (Å²) >= 11 is 0. The smallest absolute Gasteiger partial charge is 0.200 e. The van der Waals surface area contributed by atoms with Gasteiger partial charge in [0.2, 0.25) is 0 Å². The summed E-state index contributed by atoms with van der Waals surface area (Å²) in [5, 5.41) is 9.78. The van der Waals surface area contributed by atoms with E-state index in [1.807, 2.05) is 6.92 Å². The molecule has 4 heteroatoms. The van der Waals surface area contributed by atoms with Crippen LogP contribution >= 0.6 is 0 Å². The average Bonchev–Trinajstić information content (AvgIpc) is 3.00. The highest BCUT2D eigenvalue weighted by atomic mass is 28.4. The van der Waals surface area contributed by atoms with Gasteiger partial charge in [-0.2, -0.15) is 0 Å². The fraction of sp³-hybridized carbons (Fsp3) is 0.875. The van der Waals surface area contributed by atoms with Gasteiger partial charge < -0.3 is 14.3 Å². The molecule has 1 unspecified atom stereocenters. The summed E-state index contributed by atoms with van der Waals surface area (Å²) in [6, 6.07) is 0. The van der Waals surface area contributed by atoms with Crippen LogP contribution in [-0.4, -0.2) is 37.8 Å². The minimum absolute atomic E-state index is 0. The van der Waals surface area contributed by atoms with Crippen molar-refractivity contribution < 1.29 is 17.1 Å². The second-order valence-electron chi connectivity index (χ2n) is 6.99. The molecular formula is C16H34O3Si. The van der Waals surface area contributed by atoms with Crippen LogP contribution in [0.25, 0.3) is 0 Å². The van der Waals surface area contributed by atoms with E-state index >= 15 is 0 Å². The standard InChI is InChI=1S/C16H30O3Si.2H2/c1-9-14(17)16(8)15(19-16)10-18-20(11(2)3,12(4)5)13(6)7;;/h1,11-15,17H,10H2,2-8H3;2*1H/t14-,15+,16?;;/m1../s1/i;1+1;. The Bertz CT molecular complexity index is 360. The maximum atomic E-state index is 9.78. The number of aliphatic hydroxyl groups excluding tert-OH is 1. The number of hydrogen-bond acceptors (Lipinski definition) is 3. The molecule has 0 saturated carbocycles. The van der Waals surface area contributed by atoms with E-state index in [2.05, 4.69) is 47.5 Å². The number of rotatable bonds is 7. The second kappa shape index (κ2) is 6.19. The van der Waals surface area contributed by atoms with E-state index in [1.54, 1.807) is 0 Å². The van der Waals surface area contributed by atoms with Crippen molar-refractivity contribution in [3.8, 4) is 12.3 Å². The monoisotopic (exact) mass is 303 g/mol. The van der Waals surface area contributed by atoms with Crippen LogP contribution in [0.15, 0.2) is 0 Å². The fourth-order valence-corrected chi connectivity index (χ4v) is 9.04. The molecule has 1 saturated heterocycles. The van der Waals surface area contributed by atoms with Gasteiger partial charge in [-0.15, -0.1) is 6.42 Å². The molecule has 120 valence electrons. The van der Waals surface area contributed by atoms with Gasteiger partial charge >= 0.3 is 0 Å². The number of epoxide rings is 1. The molecule has 1 aliphatic rings. The Balaban J connectivity index is 0. The summed E-state index contributed by atoms with van der Waals surface area (Å²) in [5.41, 5.74) is 1.01. The second-order valence-corrected chi connectivity index (χ2v) is 12.4. The van der Waals surface area contributed by atoms with Crippen molar-refractivity contribution in [1.29, 1.82) is 0 Å². The maximum Gasteiger partial charge on any atom is 0.200 e. The number of aliphatic hydroxyl groups is 1. The van der Waals surface area contributed by atoms with E-state index in [9.17, 15) is 5.11 Å². The van der Waals surface area contributed by atoms with E-state index in [-0.39, 0.29) is 8.96 Å². The van der Waals surface area contributed by atoms with Crippen LogP contribution in [0.3, 0.4) is 0 Å². The van der Waals surface area contributed by atoms with Crippen molar-refractivity contribution in [3.05, 3.63) is 0 Å². The topological polar surface area (TPSA) is 42.0 Å². The lowest BCUT2D eigenvalue weighted by Crippen LogP contribution is -2.49. The minimum Gasteiger partial charge on any atom is -0.413 e. The van der Waals surface area contributed by atoms with Crippen molar-refractivity contribution in [3.63, 3.8) is 0 Å². The quantitative estimate of drug-likeness (QED) is 0.441. The summed E-state index contributed by atoms with van der Waals surface area (Å²) < 4.78 is 12.1. The molecule has 0 aliphatic carbocycles. The van der Waals surface area contributed by atoms with Crippen LogP contribution in [-0.2, 0) is 9.16 Å². The Morgan fingerprint density at radius 1 is 1.30 bits per heavy atom. The molecule has 1 rings (SSSR count). The molecule has 0 aromatic carbocycles. The molecule has 0 aromatic rings. The molecule has 3 atom stereocenters. The lowest BCUT2D eigenvalue weighted by molar-refractivity contribution is 0.131. The molecule has 1 N–H and O–H groups in total. The van der Waals surface area contributed by atoms with Crippen molar-refractivity contribution in [2.45, 2.75) is 82.9 Å². The molecule has 0 amide bonds. The van der Waals surface area contributed by atoms with Crippen LogP contribution < -0.4 is 0 Å². The van der Waals surface area contributed by atoms with Gasteiger partial charge in [-0.3, -0.25) is 0 Å². The largest absolute Gasteiger partial charge is 0.413 e. The van der Waals surface area contributed by atoms with E-state index in [1.165, 1.54) is 0 Å². The zero-order chi connectivity index (χ0) is 15.7. The van der Waals surface area contributed by atoms with Gasteiger partial charge in [0.1, 0.15) is 17.8 Å². The van der Waals surface area contributed by atoms with Crippen molar-refractivity contribution in [2.24, 2.45) is 0 Å². The van der Waals surface area contributed by atoms with Gasteiger partial charge in [-0.1, -0.05) is 47.5 Å². The highest BCUT2D eigenvalue weighted by Crippen LogP contribution is 2.45. The Morgan fingerprint density at radius 3 is 2.10 bits per heavy atom. The first-order valence-electron chi connectivity index (χ1n) is 7.58. The minimum atomic E-state index is -1.87. The van der Waals surface area contributed by atoms with Crippen LogP contribution in [0.2, 0.25) is 16.6 Å². The molecule has 20 heavy (non-hydrogen) atoms. The highest BCUT2D eigenvalue weighted by molar-refractivity contribution is 6.77. The molecular weight excluding hydrogens is 268 g/mol. The lowest BCUT2D eigenvalue weighted by atomic mass is 10.0. The van der Waals surface area contributed by atoms with E-state index < -0.39 is 20.0 Å². The number of ether oxygens (including phenoxy) is 1. The van der Waals surface area contributed by atoms with Crippen LogP contribution in [0.1, 0.15) is 51.3 Å². The van der Waals surface area contributed by atoms with Crippen molar-refractivity contribution >= 4 is 8.32 Å². The van der Waals surface area contributed by atoms with Crippen LogP contribution in [0.5, 0.6) is 0 Å². The third-order valence-corrected chi connectivity index (χ3v) is 11.0. The van der Waals surface area contributed by atoms with Crippen molar-refractivity contribution in [2.75, 3.05) is 6.61 Å². The van der Waals surface area contributed by atoms with Gasteiger partial charge in [0, 0.05) is 2.85 Å². The summed E-state index contributed by atoms with van der Waals surface area (Å²) in [5.74, 6) is 2.35. The summed E-state index contributed by atoms with van der Waals surface area (Å²) in [7, 11) is -1.87. The Hall–Kier alpha value is -0.343. The molecule has 0 spiro atoms. The lowest BCUT2D eigenvalue weighted by Gasteiger charge is -2.42. The van der Waals surface area contributed by atoms with E-state index in [4.69, 9.17) is 15.6 Å². The Morgan fingerprint density at radius 2 is 1.75 bits per heavy atom. The molecule has 0 bridgehead atoms. The van der Waals surface area contributed by atoms with Gasteiger partial charge in [0.25, 0.3) is 0 Å². The summed E-state index contributed by atoms with van der Waals surface area (Å²) in [6.07, 6.45) is 4.33. The zero-order valence-corrected chi connectivity index (χ0v) is 14.9. The first kappa shape index (κ1) is 17.7. The Kier molecular flexibility index (Phi) is 5.48. The fourth-order valence-electron chi connectivity index (χ4n) is 3.60. The molecule has 0 aromatic heterocycles. The third kappa shape index (κ3) is 2.96. The summed E-state index contributed by atoms with van der Waals surface area (Å²) in [6.45, 7) is 16.0. The van der Waals surface area contributed by atoms with E-state index in [0.717, 1.165) is 0 Å². The van der Waals surface area contributed by atoms with E-state index in [0.29, 0.717) is 23.2 Å². The normalized spacial score (nSPS) is 28.0. The van der Waals surface area contributed by atoms with Crippen molar-refractivity contribution in [1.82, 2.24) is 0 Å². The van der Waals surface area contributed by atoms with Crippen LogP contribution in [0, 0.1) is 12.3 Å². The first-order valence-corrected chi connectivity index (χ1v) is 9.72. The van der Waals surface area contributed by atoms with Gasteiger partial charge in [0.05, 0.1) is 6.61 Å². The van der Waals surface area contributed by atoms with Gasteiger partial charge in [-0.05, 0) is 23.5 Å². The Labute approximate surface area is 128 Å². The first-order chi connectivity index (χ1) is 9.12. The zero-order valence-electron chi connectivity index (χ0n) is 13.9. The molecule has 3 nitrogen and oxygen atoms in total. The number of hydrogen-bond donors (Lipinski definition) is 1. The molecule has 1 fully saturated rings. The average molecular weight is 304 g/mol. The molecule has 0 radical (unpaired) electrons. The molecule has 1 aliphatic heterocycles.